The van der Waals surface area contributed by atoms with Crippen LogP contribution in [0.1, 0.15) is 12.5 Å². The number of ether oxygens (including phenoxy) is 2. The minimum Gasteiger partial charge on any atom is -0.491 e. The maximum Gasteiger partial charge on any atom is 0.119 e. The Bertz CT molecular complexity index is 428. The molecule has 0 aliphatic rings. The van der Waals surface area contributed by atoms with Gasteiger partial charge < -0.3 is 19.5 Å². The normalized spacial score (nSPS) is 12.1. The van der Waals surface area contributed by atoms with Crippen LogP contribution < -0.4 is 4.74 Å². The van der Waals surface area contributed by atoms with Crippen molar-refractivity contribution < 1.29 is 14.6 Å². The fraction of sp³-hybridized carbons (Fsp3) is 0.562. The summed E-state index contributed by atoms with van der Waals surface area (Å²) in [6, 6.07) is 9.46. The first kappa shape index (κ1) is 17.4. The van der Waals surface area contributed by atoms with Gasteiger partial charge in [-0.05, 0) is 31.7 Å². The van der Waals surface area contributed by atoms with E-state index in [4.69, 9.17) is 14.7 Å². The number of aliphatic hydroxyl groups is 1. The quantitative estimate of drug-likeness (QED) is 0.661. The maximum absolute atomic E-state index is 9.93. The highest BCUT2D eigenvalue weighted by atomic mass is 16.5. The van der Waals surface area contributed by atoms with Crippen molar-refractivity contribution in [2.75, 3.05) is 40.0 Å². The average Bonchev–Trinajstić information content (AvgIpc) is 2.47. The number of nitrogens with zero attached hydrogens (tertiary/aromatic N) is 2. The number of likely N-dealkylation sites (N-methyl/N-ethyl adjacent to an activating group) is 1. The van der Waals surface area contributed by atoms with Gasteiger partial charge in [0.1, 0.15) is 18.5 Å². The van der Waals surface area contributed by atoms with Gasteiger partial charge in [0.2, 0.25) is 0 Å². The Labute approximate surface area is 126 Å². The SMILES string of the molecule is CCOCCN(C)C[C@H](O)COc1ccc(CC#N)cc1. The van der Waals surface area contributed by atoms with E-state index in [9.17, 15) is 5.11 Å². The molecule has 0 aromatic heterocycles. The Morgan fingerprint density at radius 1 is 1.33 bits per heavy atom. The average molecular weight is 292 g/mol. The third-order valence-electron chi connectivity index (χ3n) is 2.99. The minimum atomic E-state index is -0.546. The molecule has 0 saturated heterocycles. The lowest BCUT2D eigenvalue weighted by Gasteiger charge is -2.20. The summed E-state index contributed by atoms with van der Waals surface area (Å²) in [6.07, 6.45) is -0.150. The van der Waals surface area contributed by atoms with Gasteiger partial charge in [-0.1, -0.05) is 12.1 Å². The summed E-state index contributed by atoms with van der Waals surface area (Å²) >= 11 is 0. The van der Waals surface area contributed by atoms with Crippen molar-refractivity contribution in [3.05, 3.63) is 29.8 Å². The fourth-order valence-corrected chi connectivity index (χ4v) is 1.86. The molecular weight excluding hydrogens is 268 g/mol. The Morgan fingerprint density at radius 3 is 2.67 bits per heavy atom. The van der Waals surface area contributed by atoms with Gasteiger partial charge in [0.25, 0.3) is 0 Å². The van der Waals surface area contributed by atoms with E-state index >= 15 is 0 Å². The highest BCUT2D eigenvalue weighted by molar-refractivity contribution is 5.28. The molecule has 1 aromatic rings. The van der Waals surface area contributed by atoms with Crippen molar-refractivity contribution in [1.82, 2.24) is 4.90 Å². The molecule has 0 heterocycles. The molecule has 116 valence electrons. The van der Waals surface area contributed by atoms with Gasteiger partial charge in [-0.25, -0.2) is 0 Å². The summed E-state index contributed by atoms with van der Waals surface area (Å²) in [5.41, 5.74) is 0.959. The van der Waals surface area contributed by atoms with Gasteiger partial charge >= 0.3 is 0 Å². The lowest BCUT2D eigenvalue weighted by Crippen LogP contribution is -2.35. The second-order valence-corrected chi connectivity index (χ2v) is 4.90. The third kappa shape index (κ3) is 7.66. The van der Waals surface area contributed by atoms with Gasteiger partial charge in [-0.3, -0.25) is 0 Å². The van der Waals surface area contributed by atoms with Crippen LogP contribution in [-0.2, 0) is 11.2 Å². The third-order valence-corrected chi connectivity index (χ3v) is 2.99. The zero-order valence-corrected chi connectivity index (χ0v) is 12.8. The summed E-state index contributed by atoms with van der Waals surface area (Å²) in [7, 11) is 1.94. The number of aliphatic hydroxyl groups excluding tert-OH is 1. The monoisotopic (exact) mass is 292 g/mol. The molecule has 5 heteroatoms. The molecule has 1 aromatic carbocycles. The Hall–Kier alpha value is -1.61. The number of hydrogen-bond acceptors (Lipinski definition) is 5. The lowest BCUT2D eigenvalue weighted by molar-refractivity contribution is 0.0613. The summed E-state index contributed by atoms with van der Waals surface area (Å²) in [6.45, 7) is 4.91. The molecule has 21 heavy (non-hydrogen) atoms. The van der Waals surface area contributed by atoms with Crippen LogP contribution >= 0.6 is 0 Å². The maximum atomic E-state index is 9.93. The molecule has 1 rings (SSSR count). The van der Waals surface area contributed by atoms with Gasteiger partial charge in [0, 0.05) is 19.7 Å². The van der Waals surface area contributed by atoms with Crippen LogP contribution in [0.15, 0.2) is 24.3 Å². The molecular formula is C16H24N2O3. The number of hydrogen-bond donors (Lipinski definition) is 1. The zero-order chi connectivity index (χ0) is 15.5. The van der Waals surface area contributed by atoms with Crippen LogP contribution in [0.4, 0.5) is 0 Å². The summed E-state index contributed by atoms with van der Waals surface area (Å²) < 4.78 is 10.8. The van der Waals surface area contributed by atoms with Gasteiger partial charge in [-0.2, -0.15) is 5.26 Å². The van der Waals surface area contributed by atoms with Crippen LogP contribution in [0.25, 0.3) is 0 Å². The highest BCUT2D eigenvalue weighted by Gasteiger charge is 2.09. The van der Waals surface area contributed by atoms with Crippen LogP contribution in [0.5, 0.6) is 5.75 Å². The van der Waals surface area contributed by atoms with Crippen LogP contribution in [0, 0.1) is 11.3 Å². The molecule has 1 N–H and O–H groups in total. The molecule has 1 atom stereocenters. The van der Waals surface area contributed by atoms with E-state index in [0.29, 0.717) is 31.9 Å². The van der Waals surface area contributed by atoms with E-state index in [1.807, 2.05) is 43.1 Å². The van der Waals surface area contributed by atoms with Gasteiger partial charge in [0.15, 0.2) is 0 Å². The van der Waals surface area contributed by atoms with E-state index in [0.717, 1.165) is 12.1 Å². The Kier molecular flexibility index (Phi) is 8.44. The topological polar surface area (TPSA) is 65.7 Å². The van der Waals surface area contributed by atoms with Crippen molar-refractivity contribution >= 4 is 0 Å². The Balaban J connectivity index is 2.25. The summed E-state index contributed by atoms with van der Waals surface area (Å²) in [4.78, 5) is 2.01. The van der Waals surface area contributed by atoms with Crippen LogP contribution in [-0.4, -0.2) is 56.1 Å². The van der Waals surface area contributed by atoms with Crippen molar-refractivity contribution in [2.45, 2.75) is 19.4 Å². The predicted molar refractivity (Wildman–Crippen MR) is 81.3 cm³/mol. The summed E-state index contributed by atoms with van der Waals surface area (Å²) in [5, 5.41) is 18.5. The van der Waals surface area contributed by atoms with E-state index < -0.39 is 6.10 Å². The first-order chi connectivity index (χ1) is 10.2. The molecule has 5 nitrogen and oxygen atoms in total. The van der Waals surface area contributed by atoms with E-state index in [1.54, 1.807) is 0 Å². The molecule has 0 spiro atoms. The largest absolute Gasteiger partial charge is 0.491 e. The van der Waals surface area contributed by atoms with Gasteiger partial charge in [0.05, 0.1) is 19.1 Å². The van der Waals surface area contributed by atoms with E-state index in [-0.39, 0.29) is 6.61 Å². The molecule has 0 saturated carbocycles. The molecule has 0 fully saturated rings. The smallest absolute Gasteiger partial charge is 0.119 e. The molecule has 0 unspecified atom stereocenters. The van der Waals surface area contributed by atoms with Gasteiger partial charge in [-0.15, -0.1) is 0 Å². The molecule has 0 aliphatic heterocycles. The van der Waals surface area contributed by atoms with Crippen LogP contribution in [0.2, 0.25) is 0 Å². The first-order valence-electron chi connectivity index (χ1n) is 7.18. The van der Waals surface area contributed by atoms with E-state index in [2.05, 4.69) is 6.07 Å². The van der Waals surface area contributed by atoms with E-state index in [1.165, 1.54) is 0 Å². The van der Waals surface area contributed by atoms with Crippen molar-refractivity contribution in [2.24, 2.45) is 0 Å². The standard InChI is InChI=1S/C16H24N2O3/c1-3-20-11-10-18(2)12-15(19)13-21-16-6-4-14(5-7-16)8-9-17/h4-7,15,19H,3,8,10-13H2,1-2H3/t15-/m0/s1. The molecule has 0 aliphatic carbocycles. The van der Waals surface area contributed by atoms with Crippen molar-refractivity contribution in [3.8, 4) is 11.8 Å². The van der Waals surface area contributed by atoms with Crippen molar-refractivity contribution in [1.29, 1.82) is 5.26 Å². The number of nitriles is 1. The first-order valence-corrected chi connectivity index (χ1v) is 7.18. The predicted octanol–water partition coefficient (Wildman–Crippen LogP) is 1.46. The molecule has 0 radical (unpaired) electrons. The summed E-state index contributed by atoms with van der Waals surface area (Å²) in [5.74, 6) is 0.702. The second kappa shape index (κ2) is 10.2. The van der Waals surface area contributed by atoms with Crippen LogP contribution in [0.3, 0.4) is 0 Å². The zero-order valence-electron chi connectivity index (χ0n) is 12.8. The molecule has 0 bridgehead atoms. The number of benzene rings is 1. The fourth-order valence-electron chi connectivity index (χ4n) is 1.86. The van der Waals surface area contributed by atoms with Crippen molar-refractivity contribution in [3.63, 3.8) is 0 Å². The number of rotatable bonds is 10. The molecule has 0 amide bonds. The lowest BCUT2D eigenvalue weighted by atomic mass is 10.2. The highest BCUT2D eigenvalue weighted by Crippen LogP contribution is 2.12. The Morgan fingerprint density at radius 2 is 2.05 bits per heavy atom. The minimum absolute atomic E-state index is 0.247. The second-order valence-electron chi connectivity index (χ2n) is 4.90.